The summed E-state index contributed by atoms with van der Waals surface area (Å²) in [6.07, 6.45) is 1.04. The molecule has 0 spiro atoms. The van der Waals surface area contributed by atoms with Crippen LogP contribution >= 0.6 is 0 Å². The smallest absolute Gasteiger partial charge is 0.227 e. The fraction of sp³-hybridized carbons (Fsp3) is 0.857. The Morgan fingerprint density at radius 3 is 2.74 bits per heavy atom. The fourth-order valence-corrected chi connectivity index (χ4v) is 4.19. The molecule has 0 bridgehead atoms. The van der Waals surface area contributed by atoms with E-state index in [-0.39, 0.29) is 23.7 Å². The normalized spacial score (nSPS) is 44.3. The number of fused-ring (bicyclic) bond motifs is 2. The first-order valence-corrected chi connectivity index (χ1v) is 7.28. The molecule has 5 heteroatoms. The van der Waals surface area contributed by atoms with Crippen molar-refractivity contribution in [1.82, 2.24) is 9.80 Å². The molecule has 3 saturated heterocycles. The van der Waals surface area contributed by atoms with Crippen LogP contribution in [-0.2, 0) is 14.3 Å². The summed E-state index contributed by atoms with van der Waals surface area (Å²) < 4.78 is 5.34. The lowest BCUT2D eigenvalue weighted by atomic mass is 9.88. The Hall–Kier alpha value is -1.10. The quantitative estimate of drug-likeness (QED) is 0.660. The van der Waals surface area contributed by atoms with Gasteiger partial charge < -0.3 is 14.5 Å². The van der Waals surface area contributed by atoms with Crippen LogP contribution in [-0.4, -0.2) is 61.5 Å². The molecule has 3 heterocycles. The van der Waals surface area contributed by atoms with Crippen LogP contribution < -0.4 is 0 Å². The molecule has 4 aliphatic rings. The van der Waals surface area contributed by atoms with Crippen molar-refractivity contribution >= 4 is 11.8 Å². The summed E-state index contributed by atoms with van der Waals surface area (Å²) in [5.74, 6) is 2.08. The van der Waals surface area contributed by atoms with Crippen LogP contribution in [0.3, 0.4) is 0 Å². The summed E-state index contributed by atoms with van der Waals surface area (Å²) in [6.45, 7) is 3.78. The second-order valence-corrected chi connectivity index (χ2v) is 6.55. The van der Waals surface area contributed by atoms with Crippen molar-refractivity contribution in [3.63, 3.8) is 0 Å². The molecule has 0 aromatic rings. The molecule has 1 aliphatic carbocycles. The molecule has 0 aromatic carbocycles. The van der Waals surface area contributed by atoms with Crippen LogP contribution in [0.1, 0.15) is 6.42 Å². The number of hydrogen-bond acceptors (Lipinski definition) is 3. The topological polar surface area (TPSA) is 49.9 Å². The Labute approximate surface area is 112 Å². The van der Waals surface area contributed by atoms with Gasteiger partial charge in [0.2, 0.25) is 11.8 Å². The fourth-order valence-electron chi connectivity index (χ4n) is 4.19. The number of ether oxygens (including phenoxy) is 1. The number of carbonyl (C=O) groups is 2. The third-order valence-electron chi connectivity index (χ3n) is 5.52. The summed E-state index contributed by atoms with van der Waals surface area (Å²) in [4.78, 5) is 28.4. The van der Waals surface area contributed by atoms with Gasteiger partial charge in [0.05, 0.1) is 19.1 Å². The summed E-state index contributed by atoms with van der Waals surface area (Å²) in [5, 5.41) is 0. The highest BCUT2D eigenvalue weighted by Gasteiger charge is 2.60. The van der Waals surface area contributed by atoms with Gasteiger partial charge in [-0.3, -0.25) is 9.59 Å². The molecule has 104 valence electrons. The highest BCUT2D eigenvalue weighted by atomic mass is 16.5. The molecule has 19 heavy (non-hydrogen) atoms. The van der Waals surface area contributed by atoms with Crippen LogP contribution in [0.2, 0.25) is 0 Å². The average molecular weight is 264 g/mol. The van der Waals surface area contributed by atoms with E-state index in [2.05, 4.69) is 0 Å². The van der Waals surface area contributed by atoms with Crippen molar-refractivity contribution in [2.75, 3.05) is 39.9 Å². The van der Waals surface area contributed by atoms with E-state index in [1.54, 1.807) is 0 Å². The standard InChI is InChI=1S/C14H20N2O3/c1-15-3-2-8-4-16(5-9(8)13(15)17)14(18)12-10-6-19-7-11(10)12/h8-12H,2-7H2,1H3/t8?,9?,10-,11+,12?. The zero-order chi connectivity index (χ0) is 13.1. The van der Waals surface area contributed by atoms with Crippen molar-refractivity contribution in [3.05, 3.63) is 0 Å². The molecular weight excluding hydrogens is 244 g/mol. The van der Waals surface area contributed by atoms with Crippen molar-refractivity contribution in [3.8, 4) is 0 Å². The minimum absolute atomic E-state index is 0.0533. The van der Waals surface area contributed by atoms with E-state index >= 15 is 0 Å². The molecule has 3 unspecified atom stereocenters. The second-order valence-electron chi connectivity index (χ2n) is 6.55. The highest BCUT2D eigenvalue weighted by molar-refractivity contribution is 5.85. The zero-order valence-electron chi connectivity index (χ0n) is 11.2. The summed E-state index contributed by atoms with van der Waals surface area (Å²) in [6, 6.07) is 0. The van der Waals surface area contributed by atoms with Gasteiger partial charge in [-0.1, -0.05) is 0 Å². The van der Waals surface area contributed by atoms with E-state index in [1.165, 1.54) is 0 Å². The van der Waals surface area contributed by atoms with E-state index in [4.69, 9.17) is 4.74 Å². The number of rotatable bonds is 1. The number of piperidine rings is 1. The maximum Gasteiger partial charge on any atom is 0.227 e. The Kier molecular flexibility index (Phi) is 2.43. The van der Waals surface area contributed by atoms with Gasteiger partial charge in [-0.25, -0.2) is 0 Å². The molecule has 5 nitrogen and oxygen atoms in total. The van der Waals surface area contributed by atoms with Crippen molar-refractivity contribution in [2.24, 2.45) is 29.6 Å². The van der Waals surface area contributed by atoms with E-state index in [1.807, 2.05) is 16.8 Å². The molecule has 3 aliphatic heterocycles. The Bertz CT molecular complexity index is 428. The number of hydrogen-bond donors (Lipinski definition) is 0. The van der Waals surface area contributed by atoms with Crippen LogP contribution in [0.5, 0.6) is 0 Å². The largest absolute Gasteiger partial charge is 0.381 e. The number of likely N-dealkylation sites (tertiary alicyclic amines) is 2. The maximum atomic E-state index is 12.5. The first-order valence-electron chi connectivity index (χ1n) is 7.28. The van der Waals surface area contributed by atoms with Gasteiger partial charge >= 0.3 is 0 Å². The van der Waals surface area contributed by atoms with Gasteiger partial charge in [-0.05, 0) is 24.2 Å². The lowest BCUT2D eigenvalue weighted by Crippen LogP contribution is -2.42. The Morgan fingerprint density at radius 1 is 1.26 bits per heavy atom. The number of amides is 2. The summed E-state index contributed by atoms with van der Waals surface area (Å²) >= 11 is 0. The van der Waals surface area contributed by atoms with Gasteiger partial charge in [0.25, 0.3) is 0 Å². The minimum Gasteiger partial charge on any atom is -0.381 e. The maximum absolute atomic E-state index is 12.5. The second kappa shape index (κ2) is 3.95. The average Bonchev–Trinajstić information content (AvgIpc) is 2.83. The van der Waals surface area contributed by atoms with Crippen LogP contribution in [0.25, 0.3) is 0 Å². The van der Waals surface area contributed by atoms with Gasteiger partial charge in [0.1, 0.15) is 0 Å². The summed E-state index contributed by atoms with van der Waals surface area (Å²) in [5.41, 5.74) is 0. The van der Waals surface area contributed by atoms with E-state index in [0.29, 0.717) is 24.3 Å². The van der Waals surface area contributed by atoms with E-state index in [9.17, 15) is 9.59 Å². The molecule has 4 rings (SSSR count). The van der Waals surface area contributed by atoms with Crippen LogP contribution in [0.15, 0.2) is 0 Å². The van der Waals surface area contributed by atoms with Crippen molar-refractivity contribution in [1.29, 1.82) is 0 Å². The number of nitrogens with zero attached hydrogens (tertiary/aromatic N) is 2. The molecule has 0 radical (unpaired) electrons. The van der Waals surface area contributed by atoms with Crippen molar-refractivity contribution < 1.29 is 14.3 Å². The highest BCUT2D eigenvalue weighted by Crippen LogP contribution is 2.52. The predicted octanol–water partition coefficient (Wildman–Crippen LogP) is -0.184. The molecular formula is C14H20N2O3. The molecule has 2 amide bonds. The zero-order valence-corrected chi connectivity index (χ0v) is 11.2. The van der Waals surface area contributed by atoms with Crippen LogP contribution in [0, 0.1) is 29.6 Å². The monoisotopic (exact) mass is 264 g/mol. The van der Waals surface area contributed by atoms with E-state index < -0.39 is 0 Å². The van der Waals surface area contributed by atoms with Crippen LogP contribution in [0.4, 0.5) is 0 Å². The first kappa shape index (κ1) is 11.7. The molecule has 0 N–H and O–H groups in total. The lowest BCUT2D eigenvalue weighted by Gasteiger charge is -2.30. The summed E-state index contributed by atoms with van der Waals surface area (Å²) in [7, 11) is 1.87. The first-order chi connectivity index (χ1) is 9.16. The molecule has 1 saturated carbocycles. The minimum atomic E-state index is 0.0533. The van der Waals surface area contributed by atoms with E-state index in [0.717, 1.165) is 32.7 Å². The Morgan fingerprint density at radius 2 is 2.00 bits per heavy atom. The lowest BCUT2D eigenvalue weighted by molar-refractivity contribution is -0.138. The van der Waals surface area contributed by atoms with Gasteiger partial charge in [-0.2, -0.15) is 0 Å². The third-order valence-corrected chi connectivity index (χ3v) is 5.52. The van der Waals surface area contributed by atoms with Gasteiger partial charge in [0, 0.05) is 32.6 Å². The molecule has 4 fully saturated rings. The van der Waals surface area contributed by atoms with Gasteiger partial charge in [0.15, 0.2) is 0 Å². The molecule has 5 atom stereocenters. The third kappa shape index (κ3) is 1.64. The predicted molar refractivity (Wildman–Crippen MR) is 67.1 cm³/mol. The number of carbonyl (C=O) groups excluding carboxylic acids is 2. The van der Waals surface area contributed by atoms with Crippen molar-refractivity contribution in [2.45, 2.75) is 6.42 Å². The Balaban J connectivity index is 1.44. The molecule has 0 aromatic heterocycles. The SMILES string of the molecule is CN1CCC2CN(C(=O)C3[C@H]4COC[C@@H]34)CC2C1=O. The van der Waals surface area contributed by atoms with Gasteiger partial charge in [-0.15, -0.1) is 0 Å².